The van der Waals surface area contributed by atoms with E-state index in [1.165, 1.54) is 0 Å². The van der Waals surface area contributed by atoms with Gasteiger partial charge >= 0.3 is 0 Å². The molecule has 1 aliphatic rings. The molecular formula is C26H27NO5. The highest BCUT2D eigenvalue weighted by Gasteiger charge is 2.50. The van der Waals surface area contributed by atoms with Gasteiger partial charge in [0.15, 0.2) is 11.5 Å². The number of carbonyl (C=O) groups is 1. The van der Waals surface area contributed by atoms with Crippen molar-refractivity contribution in [3.8, 4) is 23.0 Å². The van der Waals surface area contributed by atoms with Crippen LogP contribution in [0.15, 0.2) is 66.7 Å². The van der Waals surface area contributed by atoms with Crippen LogP contribution in [0, 0.1) is 0 Å². The minimum Gasteiger partial charge on any atom is -0.494 e. The summed E-state index contributed by atoms with van der Waals surface area (Å²) in [4.78, 5) is 15.2. The Labute approximate surface area is 188 Å². The van der Waals surface area contributed by atoms with Crippen LogP contribution in [0.1, 0.15) is 30.0 Å². The van der Waals surface area contributed by atoms with Gasteiger partial charge in [-0.1, -0.05) is 42.5 Å². The van der Waals surface area contributed by atoms with Gasteiger partial charge in [-0.25, -0.2) is 0 Å². The molecule has 1 fully saturated rings. The van der Waals surface area contributed by atoms with Crippen LogP contribution in [-0.4, -0.2) is 33.8 Å². The van der Waals surface area contributed by atoms with Crippen molar-refractivity contribution in [1.29, 1.82) is 0 Å². The van der Waals surface area contributed by atoms with E-state index in [-0.39, 0.29) is 17.9 Å². The van der Waals surface area contributed by atoms with Crippen LogP contribution >= 0.6 is 0 Å². The molecule has 6 heteroatoms. The quantitative estimate of drug-likeness (QED) is 0.469. The second kappa shape index (κ2) is 9.22. The molecule has 0 bridgehead atoms. The number of β-lactam (4-membered cyclic amide) rings is 1. The van der Waals surface area contributed by atoms with E-state index in [1.807, 2.05) is 73.7 Å². The fourth-order valence-electron chi connectivity index (χ4n) is 4.24. The normalized spacial score (nSPS) is 17.5. The second-order valence-corrected chi connectivity index (χ2v) is 7.43. The summed E-state index contributed by atoms with van der Waals surface area (Å²) in [6.07, 6.45) is 0. The van der Waals surface area contributed by atoms with Crippen molar-refractivity contribution in [3.63, 3.8) is 0 Å². The molecule has 0 N–H and O–H groups in total. The second-order valence-electron chi connectivity index (χ2n) is 7.43. The molecular weight excluding hydrogens is 406 g/mol. The maximum atomic E-state index is 13.5. The lowest BCUT2D eigenvalue weighted by molar-refractivity contribution is -0.126. The Balaban J connectivity index is 1.79. The number of rotatable bonds is 8. The minimum absolute atomic E-state index is 0.0179. The maximum absolute atomic E-state index is 13.5. The summed E-state index contributed by atoms with van der Waals surface area (Å²) < 4.78 is 22.1. The number of ether oxygens (including phenoxy) is 4. The van der Waals surface area contributed by atoms with Crippen LogP contribution in [0.4, 0.5) is 5.69 Å². The number of nitrogens with zero attached hydrogens (tertiary/aromatic N) is 1. The summed E-state index contributed by atoms with van der Waals surface area (Å²) >= 11 is 0. The standard InChI is InChI=1S/C26H27NO5/c1-5-32-20-13-11-18(12-14-20)24-23(17-9-7-6-8-10-17)26(28)27(24)19-15-21(29-2)25(31-4)22(16-19)30-3/h6-16,23-24H,5H2,1-4H3. The SMILES string of the molecule is CCOc1ccc(C2C(c3ccccc3)C(=O)N2c2cc(OC)c(OC)c(OC)c2)cc1. The highest BCUT2D eigenvalue weighted by Crippen LogP contribution is 2.51. The molecule has 1 aliphatic heterocycles. The van der Waals surface area contributed by atoms with Crippen molar-refractivity contribution in [2.24, 2.45) is 0 Å². The van der Waals surface area contributed by atoms with Crippen molar-refractivity contribution < 1.29 is 23.7 Å². The number of amides is 1. The predicted octanol–water partition coefficient (Wildman–Crippen LogP) is 4.98. The Morgan fingerprint density at radius 2 is 1.44 bits per heavy atom. The first-order chi connectivity index (χ1) is 15.6. The summed E-state index contributed by atoms with van der Waals surface area (Å²) in [6.45, 7) is 2.56. The van der Waals surface area contributed by atoms with Crippen molar-refractivity contribution in [2.45, 2.75) is 18.9 Å². The highest BCUT2D eigenvalue weighted by molar-refractivity contribution is 6.07. The van der Waals surface area contributed by atoms with Crippen molar-refractivity contribution in [2.75, 3.05) is 32.8 Å². The third-order valence-corrected chi connectivity index (χ3v) is 5.72. The number of benzene rings is 3. The fraction of sp³-hybridized carbons (Fsp3) is 0.269. The van der Waals surface area contributed by atoms with Gasteiger partial charge < -0.3 is 23.8 Å². The molecule has 0 aliphatic carbocycles. The van der Waals surface area contributed by atoms with Gasteiger partial charge in [-0.05, 0) is 30.2 Å². The van der Waals surface area contributed by atoms with Crippen LogP contribution in [0.25, 0.3) is 0 Å². The van der Waals surface area contributed by atoms with E-state index < -0.39 is 0 Å². The van der Waals surface area contributed by atoms with E-state index in [1.54, 1.807) is 26.2 Å². The summed E-state index contributed by atoms with van der Waals surface area (Å²) in [5.74, 6) is 2.03. The molecule has 1 heterocycles. The van der Waals surface area contributed by atoms with E-state index in [0.29, 0.717) is 29.5 Å². The Morgan fingerprint density at radius 3 is 1.97 bits per heavy atom. The van der Waals surface area contributed by atoms with E-state index in [2.05, 4.69) is 0 Å². The molecule has 1 amide bonds. The van der Waals surface area contributed by atoms with Crippen molar-refractivity contribution >= 4 is 11.6 Å². The van der Waals surface area contributed by atoms with Gasteiger partial charge in [-0.2, -0.15) is 0 Å². The molecule has 0 spiro atoms. The van der Waals surface area contributed by atoms with Gasteiger partial charge in [-0.3, -0.25) is 4.79 Å². The third kappa shape index (κ3) is 3.73. The van der Waals surface area contributed by atoms with Crippen LogP contribution in [0.2, 0.25) is 0 Å². The van der Waals surface area contributed by atoms with Crippen molar-refractivity contribution in [3.05, 3.63) is 77.9 Å². The molecule has 2 atom stereocenters. The molecule has 4 rings (SSSR count). The molecule has 32 heavy (non-hydrogen) atoms. The van der Waals surface area contributed by atoms with E-state index in [0.717, 1.165) is 16.9 Å². The average molecular weight is 434 g/mol. The van der Waals surface area contributed by atoms with Crippen LogP contribution in [-0.2, 0) is 4.79 Å². The molecule has 166 valence electrons. The van der Waals surface area contributed by atoms with Gasteiger partial charge in [0, 0.05) is 12.1 Å². The topological polar surface area (TPSA) is 57.2 Å². The first-order valence-electron chi connectivity index (χ1n) is 10.5. The lowest BCUT2D eigenvalue weighted by atomic mass is 9.77. The van der Waals surface area contributed by atoms with Gasteiger partial charge in [0.25, 0.3) is 0 Å². The average Bonchev–Trinajstić information content (AvgIpc) is 2.83. The van der Waals surface area contributed by atoms with Crippen LogP contribution in [0.5, 0.6) is 23.0 Å². The summed E-state index contributed by atoms with van der Waals surface area (Å²) in [6, 6.07) is 21.2. The zero-order valence-electron chi connectivity index (χ0n) is 18.7. The van der Waals surface area contributed by atoms with Gasteiger partial charge in [0.05, 0.1) is 45.6 Å². The lowest BCUT2D eigenvalue weighted by Gasteiger charge is -2.48. The highest BCUT2D eigenvalue weighted by atomic mass is 16.5. The zero-order chi connectivity index (χ0) is 22.7. The Hall–Kier alpha value is -3.67. The van der Waals surface area contributed by atoms with E-state index in [4.69, 9.17) is 18.9 Å². The van der Waals surface area contributed by atoms with Gasteiger partial charge in [-0.15, -0.1) is 0 Å². The molecule has 3 aromatic carbocycles. The summed E-state index contributed by atoms with van der Waals surface area (Å²) in [5, 5.41) is 0. The summed E-state index contributed by atoms with van der Waals surface area (Å²) in [5.41, 5.74) is 2.70. The van der Waals surface area contributed by atoms with Crippen LogP contribution in [0.3, 0.4) is 0 Å². The molecule has 2 unspecified atom stereocenters. The number of hydrogen-bond donors (Lipinski definition) is 0. The minimum atomic E-state index is -0.284. The van der Waals surface area contributed by atoms with Gasteiger partial charge in [0.2, 0.25) is 11.7 Å². The molecule has 0 radical (unpaired) electrons. The predicted molar refractivity (Wildman–Crippen MR) is 123 cm³/mol. The number of methoxy groups -OCH3 is 3. The van der Waals surface area contributed by atoms with Gasteiger partial charge in [0.1, 0.15) is 5.75 Å². The third-order valence-electron chi connectivity index (χ3n) is 5.72. The Kier molecular flexibility index (Phi) is 6.21. The zero-order valence-corrected chi connectivity index (χ0v) is 18.7. The maximum Gasteiger partial charge on any atom is 0.237 e. The van der Waals surface area contributed by atoms with Crippen LogP contribution < -0.4 is 23.8 Å². The first kappa shape index (κ1) is 21.6. The monoisotopic (exact) mass is 433 g/mol. The number of anilines is 1. The smallest absolute Gasteiger partial charge is 0.237 e. The molecule has 6 nitrogen and oxygen atoms in total. The van der Waals surface area contributed by atoms with E-state index in [9.17, 15) is 4.79 Å². The fourth-order valence-corrected chi connectivity index (χ4v) is 4.24. The van der Waals surface area contributed by atoms with E-state index >= 15 is 0 Å². The molecule has 0 aromatic heterocycles. The molecule has 3 aromatic rings. The lowest BCUT2D eigenvalue weighted by Crippen LogP contribution is -2.53. The Morgan fingerprint density at radius 1 is 0.812 bits per heavy atom. The largest absolute Gasteiger partial charge is 0.494 e. The summed E-state index contributed by atoms with van der Waals surface area (Å²) in [7, 11) is 4.69. The number of hydrogen-bond acceptors (Lipinski definition) is 5. The van der Waals surface area contributed by atoms with Crippen molar-refractivity contribution in [1.82, 2.24) is 0 Å². The molecule has 1 saturated heterocycles. The number of carbonyl (C=O) groups excluding carboxylic acids is 1. The Bertz CT molecular complexity index is 1060. The molecule has 0 saturated carbocycles. The first-order valence-corrected chi connectivity index (χ1v) is 10.5.